The van der Waals surface area contributed by atoms with Gasteiger partial charge in [0.25, 0.3) is 0 Å². The van der Waals surface area contributed by atoms with Crippen LogP contribution in [0.4, 0.5) is 11.8 Å². The Morgan fingerprint density at radius 1 is 1.47 bits per heavy atom. The number of halogens is 1. The van der Waals surface area contributed by atoms with E-state index in [0.29, 0.717) is 24.7 Å². The van der Waals surface area contributed by atoms with Gasteiger partial charge in [-0.15, -0.1) is 0 Å². The molecule has 1 aromatic rings. The minimum absolute atomic E-state index is 0.187. The largest absolute Gasteiger partial charge is 0.368 e. The Morgan fingerprint density at radius 2 is 2.21 bits per heavy atom. The average Bonchev–Trinajstić information content (AvgIpc) is 2.95. The first-order valence-electron chi connectivity index (χ1n) is 6.21. The highest BCUT2D eigenvalue weighted by Crippen LogP contribution is 2.19. The second-order valence-corrected chi connectivity index (χ2v) is 5.15. The van der Waals surface area contributed by atoms with E-state index in [0.717, 1.165) is 30.4 Å². The molecule has 1 amide bonds. The number of nitrogen functional groups attached to an aromatic ring is 1. The molecule has 0 saturated carbocycles. The van der Waals surface area contributed by atoms with Crippen LogP contribution in [-0.4, -0.2) is 40.4 Å². The molecule has 1 aromatic heterocycles. The van der Waals surface area contributed by atoms with Gasteiger partial charge in [0.15, 0.2) is 0 Å². The standard InChI is InChI=1S/C11H17BrN6O/c12-8-7-15-11(17-13)16-10(8)14-4-3-9(19)18-5-1-2-6-18/h7H,1-6,13H2,(H2,14,15,16,17). The number of hydrazine groups is 1. The maximum absolute atomic E-state index is 11.9. The first kappa shape index (κ1) is 14.0. The quantitative estimate of drug-likeness (QED) is 0.550. The van der Waals surface area contributed by atoms with Crippen molar-refractivity contribution in [3.63, 3.8) is 0 Å². The van der Waals surface area contributed by atoms with E-state index < -0.39 is 0 Å². The number of carbonyl (C=O) groups is 1. The lowest BCUT2D eigenvalue weighted by Gasteiger charge is -2.15. The number of nitrogens with zero attached hydrogens (tertiary/aromatic N) is 3. The molecule has 1 saturated heterocycles. The molecule has 0 bridgehead atoms. The molecule has 0 spiro atoms. The number of amides is 1. The monoisotopic (exact) mass is 328 g/mol. The number of rotatable bonds is 5. The van der Waals surface area contributed by atoms with Crippen molar-refractivity contribution >= 4 is 33.6 Å². The first-order chi connectivity index (χ1) is 9.20. The fourth-order valence-electron chi connectivity index (χ4n) is 1.97. The fraction of sp³-hybridized carbons (Fsp3) is 0.545. The zero-order valence-corrected chi connectivity index (χ0v) is 12.1. The number of nitrogens with one attached hydrogen (secondary N) is 2. The van der Waals surface area contributed by atoms with Gasteiger partial charge in [0.1, 0.15) is 5.82 Å². The van der Waals surface area contributed by atoms with Gasteiger partial charge in [-0.1, -0.05) is 0 Å². The van der Waals surface area contributed by atoms with Crippen molar-refractivity contribution in [2.75, 3.05) is 30.4 Å². The van der Waals surface area contributed by atoms with Crippen LogP contribution in [0.3, 0.4) is 0 Å². The van der Waals surface area contributed by atoms with E-state index in [1.54, 1.807) is 6.20 Å². The van der Waals surface area contributed by atoms with Crippen LogP contribution >= 0.6 is 15.9 Å². The van der Waals surface area contributed by atoms with E-state index in [9.17, 15) is 4.79 Å². The number of aromatic nitrogens is 2. The molecule has 8 heteroatoms. The number of likely N-dealkylation sites (tertiary alicyclic amines) is 1. The summed E-state index contributed by atoms with van der Waals surface area (Å²) in [4.78, 5) is 21.9. The van der Waals surface area contributed by atoms with Gasteiger partial charge in [-0.25, -0.2) is 10.8 Å². The maximum Gasteiger partial charge on any atom is 0.239 e. The smallest absolute Gasteiger partial charge is 0.239 e. The van der Waals surface area contributed by atoms with E-state index in [1.807, 2.05) is 4.90 Å². The number of carbonyl (C=O) groups excluding carboxylic acids is 1. The van der Waals surface area contributed by atoms with Crippen molar-refractivity contribution in [3.8, 4) is 0 Å². The van der Waals surface area contributed by atoms with E-state index in [2.05, 4.69) is 36.6 Å². The van der Waals surface area contributed by atoms with Crippen LogP contribution < -0.4 is 16.6 Å². The molecular formula is C11H17BrN6O. The molecule has 0 atom stereocenters. The second kappa shape index (κ2) is 6.67. The molecule has 1 aliphatic rings. The highest BCUT2D eigenvalue weighted by atomic mass is 79.9. The molecule has 1 fully saturated rings. The topological polar surface area (TPSA) is 96.2 Å². The third-order valence-corrected chi connectivity index (χ3v) is 3.54. The zero-order chi connectivity index (χ0) is 13.7. The molecule has 104 valence electrons. The summed E-state index contributed by atoms with van der Waals surface area (Å²) in [5.74, 6) is 6.39. The van der Waals surface area contributed by atoms with Crippen molar-refractivity contribution in [1.82, 2.24) is 14.9 Å². The lowest BCUT2D eigenvalue weighted by atomic mass is 10.3. The summed E-state index contributed by atoms with van der Waals surface area (Å²) < 4.78 is 0.736. The van der Waals surface area contributed by atoms with Crippen LogP contribution in [0.15, 0.2) is 10.7 Å². The van der Waals surface area contributed by atoms with Crippen molar-refractivity contribution in [1.29, 1.82) is 0 Å². The van der Waals surface area contributed by atoms with Crippen LogP contribution in [0.5, 0.6) is 0 Å². The van der Waals surface area contributed by atoms with Gasteiger partial charge in [-0.2, -0.15) is 4.98 Å². The summed E-state index contributed by atoms with van der Waals surface area (Å²) in [6.45, 7) is 2.31. The van der Waals surface area contributed by atoms with Crippen LogP contribution in [0.2, 0.25) is 0 Å². The average molecular weight is 329 g/mol. The highest BCUT2D eigenvalue weighted by molar-refractivity contribution is 9.10. The van der Waals surface area contributed by atoms with Crippen LogP contribution in [-0.2, 0) is 4.79 Å². The lowest BCUT2D eigenvalue weighted by molar-refractivity contribution is -0.129. The Morgan fingerprint density at radius 3 is 2.89 bits per heavy atom. The third-order valence-electron chi connectivity index (χ3n) is 2.96. The van der Waals surface area contributed by atoms with Gasteiger partial charge >= 0.3 is 0 Å². The highest BCUT2D eigenvalue weighted by Gasteiger charge is 2.17. The summed E-state index contributed by atoms with van der Waals surface area (Å²) >= 11 is 3.34. The summed E-state index contributed by atoms with van der Waals surface area (Å²) in [7, 11) is 0. The Hall–Kier alpha value is -1.41. The molecule has 19 heavy (non-hydrogen) atoms. The lowest BCUT2D eigenvalue weighted by Crippen LogP contribution is -2.29. The van der Waals surface area contributed by atoms with Gasteiger partial charge in [-0.3, -0.25) is 10.2 Å². The van der Waals surface area contributed by atoms with Gasteiger partial charge < -0.3 is 10.2 Å². The van der Waals surface area contributed by atoms with Crippen molar-refractivity contribution < 1.29 is 4.79 Å². The Labute approximate surface area is 120 Å². The molecule has 0 radical (unpaired) electrons. The van der Waals surface area contributed by atoms with Gasteiger partial charge in [-0.05, 0) is 28.8 Å². The van der Waals surface area contributed by atoms with Gasteiger partial charge in [0, 0.05) is 32.3 Å². The predicted molar refractivity (Wildman–Crippen MR) is 76.5 cm³/mol. The number of hydrogen-bond acceptors (Lipinski definition) is 6. The van der Waals surface area contributed by atoms with Crippen molar-refractivity contribution in [3.05, 3.63) is 10.7 Å². The predicted octanol–water partition coefficient (Wildman–Crippen LogP) is 0.949. The van der Waals surface area contributed by atoms with Crippen LogP contribution in [0.25, 0.3) is 0 Å². The molecule has 0 unspecified atom stereocenters. The number of hydrogen-bond donors (Lipinski definition) is 3. The van der Waals surface area contributed by atoms with Crippen LogP contribution in [0.1, 0.15) is 19.3 Å². The minimum Gasteiger partial charge on any atom is -0.368 e. The Bertz CT molecular complexity index is 449. The van der Waals surface area contributed by atoms with Crippen LogP contribution in [0, 0.1) is 0 Å². The fourth-order valence-corrected chi connectivity index (χ4v) is 2.30. The summed E-state index contributed by atoms with van der Waals surface area (Å²) in [6.07, 6.45) is 4.29. The van der Waals surface area contributed by atoms with Crippen molar-refractivity contribution in [2.24, 2.45) is 5.84 Å². The van der Waals surface area contributed by atoms with Gasteiger partial charge in [0.2, 0.25) is 11.9 Å². The van der Waals surface area contributed by atoms with Crippen molar-refractivity contribution in [2.45, 2.75) is 19.3 Å². The second-order valence-electron chi connectivity index (χ2n) is 4.30. The maximum atomic E-state index is 11.9. The normalized spacial score (nSPS) is 14.5. The molecule has 4 N–H and O–H groups in total. The van der Waals surface area contributed by atoms with Gasteiger partial charge in [0.05, 0.1) is 4.47 Å². The SMILES string of the molecule is NNc1ncc(Br)c(NCCC(=O)N2CCCC2)n1. The number of nitrogens with two attached hydrogens (primary N) is 1. The molecule has 2 rings (SSSR count). The van der Waals surface area contributed by atoms with E-state index in [1.165, 1.54) is 0 Å². The van der Waals surface area contributed by atoms with E-state index in [4.69, 9.17) is 5.84 Å². The molecule has 0 aromatic carbocycles. The molecule has 7 nitrogen and oxygen atoms in total. The molecular weight excluding hydrogens is 312 g/mol. The Kier molecular flexibility index (Phi) is 4.92. The molecule has 1 aliphatic heterocycles. The minimum atomic E-state index is 0.187. The first-order valence-corrected chi connectivity index (χ1v) is 7.01. The zero-order valence-electron chi connectivity index (χ0n) is 10.5. The van der Waals surface area contributed by atoms with E-state index in [-0.39, 0.29) is 5.91 Å². The molecule has 0 aliphatic carbocycles. The third kappa shape index (κ3) is 3.77. The number of anilines is 2. The van der Waals surface area contributed by atoms with E-state index >= 15 is 0 Å². The summed E-state index contributed by atoms with van der Waals surface area (Å²) in [5.41, 5.74) is 2.38. The Balaban J connectivity index is 1.83. The summed E-state index contributed by atoms with van der Waals surface area (Å²) in [5, 5.41) is 3.10. The molecule has 2 heterocycles. The summed E-state index contributed by atoms with van der Waals surface area (Å²) in [6, 6.07) is 0.